The predicted molar refractivity (Wildman–Crippen MR) is 118 cm³/mol. The van der Waals surface area contributed by atoms with Crippen molar-refractivity contribution in [2.45, 2.75) is 19.4 Å². The van der Waals surface area contributed by atoms with Gasteiger partial charge in [-0.15, -0.1) is 0 Å². The second kappa shape index (κ2) is 10.5. The molecule has 0 unspecified atom stereocenters. The number of rotatable bonds is 8. The molecule has 0 atom stereocenters. The number of Topliss-reactive ketones (excluding diaryl/α,β-unsaturated/α-hetero) is 1. The molecule has 2 aromatic carbocycles. The van der Waals surface area contributed by atoms with E-state index in [0.717, 1.165) is 10.0 Å². The number of carbonyl (C=O) groups is 3. The van der Waals surface area contributed by atoms with Gasteiger partial charge in [-0.2, -0.15) is 0 Å². The van der Waals surface area contributed by atoms with Crippen LogP contribution in [0, 0.1) is 0 Å². The summed E-state index contributed by atoms with van der Waals surface area (Å²) in [5.41, 5.74) is 2.58. The summed E-state index contributed by atoms with van der Waals surface area (Å²) in [5, 5.41) is 5.63. The fourth-order valence-corrected chi connectivity index (χ4v) is 3.03. The highest BCUT2D eigenvalue weighted by Crippen LogP contribution is 2.14. The molecule has 3 rings (SSSR count). The molecule has 0 saturated heterocycles. The Kier molecular flexibility index (Phi) is 7.45. The smallest absolute Gasteiger partial charge is 0.255 e. The van der Waals surface area contributed by atoms with Gasteiger partial charge >= 0.3 is 0 Å². The van der Waals surface area contributed by atoms with Gasteiger partial charge in [-0.25, -0.2) is 0 Å². The van der Waals surface area contributed by atoms with Gasteiger partial charge in [-0.05, 0) is 42.0 Å². The van der Waals surface area contributed by atoms with Crippen molar-refractivity contribution in [1.29, 1.82) is 0 Å². The van der Waals surface area contributed by atoms with Crippen molar-refractivity contribution in [2.75, 3.05) is 5.32 Å². The lowest BCUT2D eigenvalue weighted by molar-refractivity contribution is -0.121. The molecule has 30 heavy (non-hydrogen) atoms. The normalized spacial score (nSPS) is 10.3. The number of anilines is 1. The van der Waals surface area contributed by atoms with E-state index in [1.165, 1.54) is 0 Å². The average molecular weight is 466 g/mol. The molecule has 1 aromatic heterocycles. The molecule has 1 heterocycles. The summed E-state index contributed by atoms with van der Waals surface area (Å²) in [6, 6.07) is 17.6. The highest BCUT2D eigenvalue weighted by Gasteiger charge is 2.10. The Morgan fingerprint density at radius 1 is 0.867 bits per heavy atom. The third-order valence-electron chi connectivity index (χ3n) is 4.36. The highest BCUT2D eigenvalue weighted by molar-refractivity contribution is 9.10. The maximum atomic E-state index is 12.2. The van der Waals surface area contributed by atoms with Gasteiger partial charge in [0, 0.05) is 53.1 Å². The average Bonchev–Trinajstić information content (AvgIpc) is 2.77. The molecule has 152 valence electrons. The number of nitrogens with zero attached hydrogens (tertiary/aromatic N) is 1. The molecule has 0 saturated carbocycles. The van der Waals surface area contributed by atoms with Gasteiger partial charge in [0.2, 0.25) is 5.91 Å². The molecule has 2 N–H and O–H groups in total. The first-order chi connectivity index (χ1) is 14.5. The Hall–Kier alpha value is -3.32. The molecule has 7 heteroatoms. The molecule has 2 amide bonds. The molecule has 0 bridgehead atoms. The summed E-state index contributed by atoms with van der Waals surface area (Å²) < 4.78 is 0.899. The zero-order valence-electron chi connectivity index (χ0n) is 16.1. The summed E-state index contributed by atoms with van der Waals surface area (Å²) in [6.07, 6.45) is 3.38. The first-order valence-corrected chi connectivity index (χ1v) is 10.2. The van der Waals surface area contributed by atoms with Crippen LogP contribution in [-0.4, -0.2) is 22.6 Å². The van der Waals surface area contributed by atoms with Crippen LogP contribution in [0.5, 0.6) is 0 Å². The number of hydrogen-bond donors (Lipinski definition) is 2. The second-order valence-corrected chi connectivity index (χ2v) is 7.51. The number of amides is 2. The fraction of sp³-hybridized carbons (Fsp3) is 0.130. The number of aromatic nitrogens is 1. The lowest BCUT2D eigenvalue weighted by Gasteiger charge is -2.09. The number of nitrogens with one attached hydrogen (secondary N) is 2. The van der Waals surface area contributed by atoms with Crippen LogP contribution in [0.3, 0.4) is 0 Å². The van der Waals surface area contributed by atoms with E-state index in [-0.39, 0.29) is 30.4 Å². The van der Waals surface area contributed by atoms with Crippen LogP contribution in [0.1, 0.15) is 39.1 Å². The van der Waals surface area contributed by atoms with Crippen LogP contribution in [0.4, 0.5) is 5.69 Å². The van der Waals surface area contributed by atoms with Crippen molar-refractivity contribution in [3.8, 4) is 0 Å². The lowest BCUT2D eigenvalue weighted by atomic mass is 10.1. The zero-order chi connectivity index (χ0) is 21.3. The summed E-state index contributed by atoms with van der Waals surface area (Å²) in [7, 11) is 0. The van der Waals surface area contributed by atoms with Gasteiger partial charge in [-0.3, -0.25) is 19.4 Å². The van der Waals surface area contributed by atoms with Crippen molar-refractivity contribution < 1.29 is 14.4 Å². The first-order valence-electron chi connectivity index (χ1n) is 9.37. The first kappa shape index (κ1) is 21.4. The largest absolute Gasteiger partial charge is 0.352 e. The minimum Gasteiger partial charge on any atom is -0.352 e. The molecular weight excluding hydrogens is 446 g/mol. The van der Waals surface area contributed by atoms with Crippen LogP contribution in [0.2, 0.25) is 0 Å². The van der Waals surface area contributed by atoms with E-state index in [9.17, 15) is 14.4 Å². The second-order valence-electron chi connectivity index (χ2n) is 6.60. The molecule has 0 aliphatic rings. The summed E-state index contributed by atoms with van der Waals surface area (Å²) in [6.45, 7) is 0.310. The molecular formula is C23H20BrN3O3. The van der Waals surface area contributed by atoms with E-state index in [1.54, 1.807) is 67.0 Å². The SMILES string of the molecule is O=C(CCC(=O)c1ccc(Br)cc1)NCc1cccc(NC(=O)c2ccncc2)c1. The van der Waals surface area contributed by atoms with Crippen molar-refractivity contribution in [3.05, 3.63) is 94.2 Å². The van der Waals surface area contributed by atoms with Crippen LogP contribution in [0.15, 0.2) is 77.5 Å². The van der Waals surface area contributed by atoms with Crippen molar-refractivity contribution >= 4 is 39.2 Å². The summed E-state index contributed by atoms with van der Waals surface area (Å²) >= 11 is 3.33. The summed E-state index contributed by atoms with van der Waals surface area (Å²) in [5.74, 6) is -0.504. The minimum absolute atomic E-state index is 0.0709. The molecule has 3 aromatic rings. The van der Waals surface area contributed by atoms with Gasteiger partial charge in [-0.1, -0.05) is 40.2 Å². The molecule has 6 nitrogen and oxygen atoms in total. The Morgan fingerprint density at radius 3 is 2.33 bits per heavy atom. The lowest BCUT2D eigenvalue weighted by Crippen LogP contribution is -2.23. The van der Waals surface area contributed by atoms with Gasteiger partial charge in [0.1, 0.15) is 0 Å². The van der Waals surface area contributed by atoms with Crippen LogP contribution in [-0.2, 0) is 11.3 Å². The quantitative estimate of drug-likeness (QED) is 0.483. The van der Waals surface area contributed by atoms with Crippen LogP contribution >= 0.6 is 15.9 Å². The number of pyridine rings is 1. The van der Waals surface area contributed by atoms with Crippen LogP contribution in [0.25, 0.3) is 0 Å². The summed E-state index contributed by atoms with van der Waals surface area (Å²) in [4.78, 5) is 40.4. The van der Waals surface area contributed by atoms with E-state index in [0.29, 0.717) is 23.4 Å². The van der Waals surface area contributed by atoms with E-state index >= 15 is 0 Å². The van der Waals surface area contributed by atoms with Crippen molar-refractivity contribution in [3.63, 3.8) is 0 Å². The monoisotopic (exact) mass is 465 g/mol. The predicted octanol–water partition coefficient (Wildman–Crippen LogP) is 4.38. The number of halogens is 1. The highest BCUT2D eigenvalue weighted by atomic mass is 79.9. The number of ketones is 1. The minimum atomic E-state index is -0.231. The Labute approximate surface area is 182 Å². The third kappa shape index (κ3) is 6.35. The van der Waals surface area contributed by atoms with Crippen LogP contribution < -0.4 is 10.6 Å². The van der Waals surface area contributed by atoms with Gasteiger partial charge in [0.05, 0.1) is 0 Å². The van der Waals surface area contributed by atoms with Gasteiger partial charge < -0.3 is 10.6 Å². The van der Waals surface area contributed by atoms with Gasteiger partial charge in [0.15, 0.2) is 5.78 Å². The Balaban J connectivity index is 1.47. The number of benzene rings is 2. The van der Waals surface area contributed by atoms with E-state index in [4.69, 9.17) is 0 Å². The number of hydrogen-bond acceptors (Lipinski definition) is 4. The maximum absolute atomic E-state index is 12.2. The standard InChI is InChI=1S/C23H20BrN3O3/c24-19-6-4-17(5-7-19)21(28)8-9-22(29)26-15-16-2-1-3-20(14-16)27-23(30)18-10-12-25-13-11-18/h1-7,10-14H,8-9,15H2,(H,26,29)(H,27,30). The molecule has 0 aliphatic carbocycles. The molecule has 0 aliphatic heterocycles. The van der Waals surface area contributed by atoms with E-state index < -0.39 is 0 Å². The third-order valence-corrected chi connectivity index (χ3v) is 4.89. The number of carbonyl (C=O) groups excluding carboxylic acids is 3. The molecule has 0 fully saturated rings. The van der Waals surface area contributed by atoms with Crippen molar-refractivity contribution in [2.24, 2.45) is 0 Å². The van der Waals surface area contributed by atoms with E-state index in [1.807, 2.05) is 6.07 Å². The molecule has 0 spiro atoms. The Bertz CT molecular complexity index is 1040. The van der Waals surface area contributed by atoms with E-state index in [2.05, 4.69) is 31.5 Å². The topological polar surface area (TPSA) is 88.2 Å². The molecule has 0 radical (unpaired) electrons. The van der Waals surface area contributed by atoms with Crippen molar-refractivity contribution in [1.82, 2.24) is 10.3 Å². The van der Waals surface area contributed by atoms with Gasteiger partial charge in [0.25, 0.3) is 5.91 Å². The fourth-order valence-electron chi connectivity index (χ4n) is 2.76. The Morgan fingerprint density at radius 2 is 1.60 bits per heavy atom. The maximum Gasteiger partial charge on any atom is 0.255 e. The zero-order valence-corrected chi connectivity index (χ0v) is 17.7.